The predicted octanol–water partition coefficient (Wildman–Crippen LogP) is 5.58. The van der Waals surface area contributed by atoms with E-state index in [0.29, 0.717) is 16.6 Å². The Kier molecular flexibility index (Phi) is 7.00. The van der Waals surface area contributed by atoms with Gasteiger partial charge in [-0.25, -0.2) is 9.97 Å². The van der Waals surface area contributed by atoms with Crippen molar-refractivity contribution in [1.82, 2.24) is 9.97 Å². The number of nitrogens with zero attached hydrogens (tertiary/aromatic N) is 2. The van der Waals surface area contributed by atoms with Gasteiger partial charge in [-0.15, -0.1) is 0 Å². The highest BCUT2D eigenvalue weighted by atomic mass is 35.5. The molecule has 2 aromatic carbocycles. The summed E-state index contributed by atoms with van der Waals surface area (Å²) in [5, 5.41) is 3.15. The van der Waals surface area contributed by atoms with E-state index in [1.54, 1.807) is 0 Å². The zero-order chi connectivity index (χ0) is 20.8. The minimum absolute atomic E-state index is 0.00657. The highest BCUT2D eigenvalue weighted by molar-refractivity contribution is 7.98. The Balaban J connectivity index is 1.67. The van der Waals surface area contributed by atoms with Crippen molar-refractivity contribution >= 4 is 35.0 Å². The molecule has 150 valence electrons. The van der Waals surface area contributed by atoms with Gasteiger partial charge in [0.25, 0.3) is 5.91 Å². The van der Waals surface area contributed by atoms with Crippen molar-refractivity contribution in [2.24, 2.45) is 0 Å². The number of anilines is 1. The van der Waals surface area contributed by atoms with Crippen molar-refractivity contribution in [3.05, 3.63) is 76.6 Å². The number of rotatable bonds is 7. The molecule has 0 radical (unpaired) electrons. The third kappa shape index (κ3) is 6.13. The number of nitrogens with one attached hydrogen (secondary N) is 1. The molecule has 0 saturated heterocycles. The van der Waals surface area contributed by atoms with Gasteiger partial charge < -0.3 is 10.1 Å². The van der Waals surface area contributed by atoms with Gasteiger partial charge in [0.15, 0.2) is 10.9 Å². The van der Waals surface area contributed by atoms with Crippen LogP contribution in [0.15, 0.2) is 59.9 Å². The first-order valence-electron chi connectivity index (χ1n) is 8.48. The van der Waals surface area contributed by atoms with Crippen molar-refractivity contribution < 1.29 is 18.3 Å². The van der Waals surface area contributed by atoms with Crippen molar-refractivity contribution in [3.63, 3.8) is 0 Å². The summed E-state index contributed by atoms with van der Waals surface area (Å²) in [6, 6.07) is 13.6. The van der Waals surface area contributed by atoms with Crippen LogP contribution in [0.25, 0.3) is 0 Å². The molecule has 0 aliphatic heterocycles. The average molecular weight is 436 g/mol. The molecule has 1 N–H and O–H groups in total. The third-order valence-electron chi connectivity index (χ3n) is 3.72. The molecule has 0 bridgehead atoms. The Morgan fingerprint density at radius 3 is 2.69 bits per heavy atom. The van der Waals surface area contributed by atoms with Crippen molar-refractivity contribution in [1.29, 1.82) is 0 Å². The first kappa shape index (κ1) is 21.0. The molecule has 0 fully saturated rings. The van der Waals surface area contributed by atoms with Crippen LogP contribution in [0.4, 0.5) is 14.5 Å². The fraction of sp³-hybridized carbons (Fsp3) is 0.150. The van der Waals surface area contributed by atoms with Crippen LogP contribution in [0, 0.1) is 6.92 Å². The lowest BCUT2D eigenvalue weighted by Gasteiger charge is -2.09. The normalized spacial score (nSPS) is 10.8. The zero-order valence-corrected chi connectivity index (χ0v) is 16.8. The summed E-state index contributed by atoms with van der Waals surface area (Å²) in [7, 11) is 0. The Bertz CT molecular complexity index is 1000. The smallest absolute Gasteiger partial charge is 0.387 e. The predicted molar refractivity (Wildman–Crippen MR) is 109 cm³/mol. The van der Waals surface area contributed by atoms with E-state index in [4.69, 9.17) is 11.6 Å². The quantitative estimate of drug-likeness (QED) is 0.387. The number of hydrogen-bond acceptors (Lipinski definition) is 5. The second-order valence-corrected chi connectivity index (χ2v) is 7.33. The number of halogens is 3. The molecule has 0 spiro atoms. The highest BCUT2D eigenvalue weighted by Crippen LogP contribution is 2.24. The standard InChI is InChI=1S/C20H16ClF2N3O2S/c1-12-3-2-4-13(9-12)11-29-20-24-10-16(21)17(26-20)18(27)25-14-5-7-15(8-6-14)28-19(22)23/h2-10,19H,11H2,1H3,(H,25,27). The van der Waals surface area contributed by atoms with E-state index in [-0.39, 0.29) is 16.5 Å². The number of carbonyl (C=O) groups is 1. The fourth-order valence-electron chi connectivity index (χ4n) is 2.44. The number of ether oxygens (including phenoxy) is 1. The lowest BCUT2D eigenvalue weighted by Crippen LogP contribution is -2.15. The van der Waals surface area contributed by atoms with E-state index in [1.165, 1.54) is 42.2 Å². The molecule has 3 rings (SSSR count). The van der Waals surface area contributed by atoms with Gasteiger partial charge in [-0.05, 0) is 36.8 Å². The summed E-state index contributed by atoms with van der Waals surface area (Å²) >= 11 is 7.47. The zero-order valence-electron chi connectivity index (χ0n) is 15.2. The Morgan fingerprint density at radius 2 is 2.00 bits per heavy atom. The van der Waals surface area contributed by atoms with Gasteiger partial charge in [0.2, 0.25) is 0 Å². The van der Waals surface area contributed by atoms with Crippen LogP contribution in [-0.2, 0) is 5.75 Å². The van der Waals surface area contributed by atoms with Crippen LogP contribution in [0.1, 0.15) is 21.6 Å². The van der Waals surface area contributed by atoms with Gasteiger partial charge >= 0.3 is 6.61 Å². The first-order chi connectivity index (χ1) is 13.9. The van der Waals surface area contributed by atoms with Crippen LogP contribution in [-0.4, -0.2) is 22.5 Å². The first-order valence-corrected chi connectivity index (χ1v) is 9.84. The molecule has 0 saturated carbocycles. The van der Waals surface area contributed by atoms with Crippen LogP contribution in [0.3, 0.4) is 0 Å². The minimum Gasteiger partial charge on any atom is -0.435 e. The second-order valence-electron chi connectivity index (χ2n) is 5.98. The Labute approximate surface area is 175 Å². The summed E-state index contributed by atoms with van der Waals surface area (Å²) < 4.78 is 28.7. The monoisotopic (exact) mass is 435 g/mol. The topological polar surface area (TPSA) is 64.1 Å². The summed E-state index contributed by atoms with van der Waals surface area (Å²) in [4.78, 5) is 20.9. The maximum Gasteiger partial charge on any atom is 0.387 e. The SMILES string of the molecule is Cc1cccc(CSc2ncc(Cl)c(C(=O)Nc3ccc(OC(F)F)cc3)n2)c1. The summed E-state index contributed by atoms with van der Waals surface area (Å²) in [5.41, 5.74) is 2.69. The van der Waals surface area contributed by atoms with Crippen LogP contribution in [0.5, 0.6) is 5.75 Å². The van der Waals surface area contributed by atoms with E-state index in [0.717, 1.165) is 11.1 Å². The number of aromatic nitrogens is 2. The number of thioether (sulfide) groups is 1. The van der Waals surface area contributed by atoms with Crippen LogP contribution in [0.2, 0.25) is 5.02 Å². The fourth-order valence-corrected chi connectivity index (χ4v) is 3.37. The average Bonchev–Trinajstić information content (AvgIpc) is 2.68. The number of carbonyl (C=O) groups excluding carboxylic acids is 1. The van der Waals surface area contributed by atoms with Crippen molar-refractivity contribution in [3.8, 4) is 5.75 Å². The largest absolute Gasteiger partial charge is 0.435 e. The summed E-state index contributed by atoms with van der Waals surface area (Å²) in [6.07, 6.45) is 1.38. The number of hydrogen-bond donors (Lipinski definition) is 1. The molecule has 3 aromatic rings. The third-order valence-corrected chi connectivity index (χ3v) is 4.93. The molecule has 0 unspecified atom stereocenters. The van der Waals surface area contributed by atoms with E-state index < -0.39 is 12.5 Å². The van der Waals surface area contributed by atoms with E-state index in [1.807, 2.05) is 25.1 Å². The molecule has 29 heavy (non-hydrogen) atoms. The highest BCUT2D eigenvalue weighted by Gasteiger charge is 2.15. The maximum absolute atomic E-state index is 12.5. The lowest BCUT2D eigenvalue weighted by atomic mass is 10.2. The van der Waals surface area contributed by atoms with Gasteiger partial charge in [0.05, 0.1) is 11.2 Å². The van der Waals surface area contributed by atoms with Gasteiger partial charge in [-0.3, -0.25) is 4.79 Å². The molecule has 0 aliphatic rings. The molecule has 9 heteroatoms. The maximum atomic E-state index is 12.5. The van der Waals surface area contributed by atoms with E-state index in [9.17, 15) is 13.6 Å². The lowest BCUT2D eigenvalue weighted by molar-refractivity contribution is -0.0498. The van der Waals surface area contributed by atoms with Crippen LogP contribution >= 0.6 is 23.4 Å². The number of alkyl halides is 2. The summed E-state index contributed by atoms with van der Waals surface area (Å²) in [5.74, 6) is 0.112. The number of amides is 1. The minimum atomic E-state index is -2.91. The molecule has 5 nitrogen and oxygen atoms in total. The summed E-state index contributed by atoms with van der Waals surface area (Å²) in [6.45, 7) is -0.896. The van der Waals surface area contributed by atoms with Crippen LogP contribution < -0.4 is 10.1 Å². The van der Waals surface area contributed by atoms with E-state index >= 15 is 0 Å². The Morgan fingerprint density at radius 1 is 1.24 bits per heavy atom. The van der Waals surface area contributed by atoms with Gasteiger partial charge in [0, 0.05) is 11.4 Å². The molecular weight excluding hydrogens is 420 g/mol. The van der Waals surface area contributed by atoms with Gasteiger partial charge in [0.1, 0.15) is 5.75 Å². The van der Waals surface area contributed by atoms with Gasteiger partial charge in [-0.1, -0.05) is 53.2 Å². The van der Waals surface area contributed by atoms with Crippen molar-refractivity contribution in [2.45, 2.75) is 24.4 Å². The molecule has 0 atom stereocenters. The molecular formula is C20H16ClF2N3O2S. The Hall–Kier alpha value is -2.71. The molecule has 1 heterocycles. The van der Waals surface area contributed by atoms with Gasteiger partial charge in [-0.2, -0.15) is 8.78 Å². The molecule has 1 aromatic heterocycles. The molecule has 0 aliphatic carbocycles. The second kappa shape index (κ2) is 9.67. The number of benzene rings is 2. The van der Waals surface area contributed by atoms with E-state index in [2.05, 4.69) is 26.1 Å². The van der Waals surface area contributed by atoms with Crippen molar-refractivity contribution in [2.75, 3.05) is 5.32 Å². The molecule has 1 amide bonds. The number of aryl methyl sites for hydroxylation is 1.